The maximum absolute atomic E-state index is 12.0. The number of nitrogens with zero attached hydrogens (tertiary/aromatic N) is 3. The Morgan fingerprint density at radius 3 is 2.71 bits per heavy atom. The number of halogens is 1. The van der Waals surface area contributed by atoms with Gasteiger partial charge in [0.25, 0.3) is 0 Å². The number of carbonyl (C=O) groups is 1. The molecule has 164 valence electrons. The number of hydrogen-bond donors (Lipinski definition) is 1. The highest BCUT2D eigenvalue weighted by atomic mass is 35.5. The minimum absolute atomic E-state index is 0.0260. The number of para-hydroxylation sites is 1. The average molecular weight is 459 g/mol. The molecule has 3 aromatic rings. The Morgan fingerprint density at radius 2 is 1.94 bits per heavy atom. The van der Waals surface area contributed by atoms with Crippen LogP contribution in [0.2, 0.25) is 5.02 Å². The van der Waals surface area contributed by atoms with Crippen molar-refractivity contribution in [2.24, 2.45) is 0 Å². The Morgan fingerprint density at radius 1 is 1.16 bits per heavy atom. The number of thiazole rings is 1. The molecule has 1 saturated heterocycles. The topological polar surface area (TPSA) is 57.7 Å². The molecular weight excluding hydrogens is 432 g/mol. The minimum atomic E-state index is 0.0260. The van der Waals surface area contributed by atoms with Crippen molar-refractivity contribution in [3.05, 3.63) is 53.1 Å². The van der Waals surface area contributed by atoms with Crippen LogP contribution >= 0.6 is 22.9 Å². The van der Waals surface area contributed by atoms with E-state index < -0.39 is 0 Å². The van der Waals surface area contributed by atoms with Gasteiger partial charge < -0.3 is 15.0 Å². The minimum Gasteiger partial charge on any atom is -0.493 e. The van der Waals surface area contributed by atoms with Crippen LogP contribution in [0.5, 0.6) is 5.75 Å². The van der Waals surface area contributed by atoms with E-state index in [0.29, 0.717) is 19.6 Å². The van der Waals surface area contributed by atoms with Gasteiger partial charge in [0.05, 0.1) is 23.2 Å². The lowest BCUT2D eigenvalue weighted by molar-refractivity contribution is -0.121. The lowest BCUT2D eigenvalue weighted by Crippen LogP contribution is -2.48. The van der Waals surface area contributed by atoms with E-state index in [1.54, 1.807) is 11.3 Å². The van der Waals surface area contributed by atoms with Crippen molar-refractivity contribution in [1.82, 2.24) is 15.2 Å². The van der Waals surface area contributed by atoms with Gasteiger partial charge in [0, 0.05) is 44.3 Å². The van der Waals surface area contributed by atoms with Crippen LogP contribution in [0.3, 0.4) is 0 Å². The second-order valence-corrected chi connectivity index (χ2v) is 9.02. The third-order valence-corrected chi connectivity index (χ3v) is 6.96. The van der Waals surface area contributed by atoms with Crippen LogP contribution in [0.1, 0.15) is 12.0 Å². The number of nitrogens with one attached hydrogen (secondary N) is 1. The van der Waals surface area contributed by atoms with Crippen LogP contribution in [0.25, 0.3) is 10.2 Å². The molecule has 0 radical (unpaired) electrons. The SMILES string of the molecule is Cc1c(Cl)ccc2sc(N3CCN(CCNC(=O)CCOc4ccccc4)CC3)nc12. The molecule has 2 aromatic carbocycles. The van der Waals surface area contributed by atoms with E-state index in [-0.39, 0.29) is 5.91 Å². The maximum Gasteiger partial charge on any atom is 0.223 e. The first kappa shape index (κ1) is 21.9. The summed E-state index contributed by atoms with van der Waals surface area (Å²) in [6.07, 6.45) is 0.365. The zero-order valence-corrected chi connectivity index (χ0v) is 19.2. The quantitative estimate of drug-likeness (QED) is 0.553. The lowest BCUT2D eigenvalue weighted by atomic mass is 10.2. The zero-order valence-electron chi connectivity index (χ0n) is 17.6. The lowest BCUT2D eigenvalue weighted by Gasteiger charge is -2.34. The van der Waals surface area contributed by atoms with E-state index >= 15 is 0 Å². The first-order valence-corrected chi connectivity index (χ1v) is 11.8. The number of ether oxygens (including phenoxy) is 1. The number of aryl methyl sites for hydroxylation is 1. The van der Waals surface area contributed by atoms with Crippen LogP contribution in [-0.2, 0) is 4.79 Å². The van der Waals surface area contributed by atoms with E-state index in [9.17, 15) is 4.79 Å². The summed E-state index contributed by atoms with van der Waals surface area (Å²) in [7, 11) is 0. The summed E-state index contributed by atoms with van der Waals surface area (Å²) in [4.78, 5) is 21.6. The smallest absolute Gasteiger partial charge is 0.223 e. The summed E-state index contributed by atoms with van der Waals surface area (Å²) in [5, 5.41) is 4.82. The predicted octanol–water partition coefficient (Wildman–Crippen LogP) is 3.97. The summed E-state index contributed by atoms with van der Waals surface area (Å²) >= 11 is 7.96. The van der Waals surface area contributed by atoms with Gasteiger partial charge in [-0.3, -0.25) is 9.69 Å². The summed E-state index contributed by atoms with van der Waals surface area (Å²) in [5.41, 5.74) is 2.05. The molecule has 1 aliphatic rings. The number of benzene rings is 2. The molecule has 6 nitrogen and oxygen atoms in total. The number of aromatic nitrogens is 1. The Bertz CT molecular complexity index is 1020. The van der Waals surface area contributed by atoms with Crippen molar-refractivity contribution >= 4 is 44.2 Å². The van der Waals surface area contributed by atoms with Crippen LogP contribution in [0, 0.1) is 6.92 Å². The van der Waals surface area contributed by atoms with Crippen molar-refractivity contribution in [2.75, 3.05) is 50.8 Å². The normalized spacial score (nSPS) is 14.7. The highest BCUT2D eigenvalue weighted by Gasteiger charge is 2.20. The monoisotopic (exact) mass is 458 g/mol. The third-order valence-electron chi connectivity index (χ3n) is 5.47. The number of amides is 1. The van der Waals surface area contributed by atoms with Crippen molar-refractivity contribution < 1.29 is 9.53 Å². The molecule has 0 bridgehead atoms. The van der Waals surface area contributed by atoms with Crippen LogP contribution in [0.4, 0.5) is 5.13 Å². The van der Waals surface area contributed by atoms with E-state index in [1.165, 1.54) is 4.70 Å². The molecule has 1 aliphatic heterocycles. The fourth-order valence-corrected chi connectivity index (χ4v) is 4.84. The Kier molecular flexibility index (Phi) is 7.27. The first-order valence-electron chi connectivity index (χ1n) is 10.6. The van der Waals surface area contributed by atoms with Crippen LogP contribution < -0.4 is 15.0 Å². The average Bonchev–Trinajstić information content (AvgIpc) is 3.23. The molecule has 2 heterocycles. The van der Waals surface area contributed by atoms with E-state index in [2.05, 4.69) is 21.2 Å². The van der Waals surface area contributed by atoms with Gasteiger partial charge in [-0.2, -0.15) is 0 Å². The molecule has 31 heavy (non-hydrogen) atoms. The molecule has 1 amide bonds. The van der Waals surface area contributed by atoms with Crippen molar-refractivity contribution in [3.8, 4) is 5.75 Å². The van der Waals surface area contributed by atoms with E-state index in [4.69, 9.17) is 21.3 Å². The van der Waals surface area contributed by atoms with Gasteiger partial charge in [-0.25, -0.2) is 4.98 Å². The summed E-state index contributed by atoms with van der Waals surface area (Å²) < 4.78 is 6.75. The molecule has 0 spiro atoms. The van der Waals surface area contributed by atoms with Crippen molar-refractivity contribution in [3.63, 3.8) is 0 Å². The number of anilines is 1. The number of hydrogen-bond acceptors (Lipinski definition) is 6. The van der Waals surface area contributed by atoms with Gasteiger partial charge >= 0.3 is 0 Å². The highest BCUT2D eigenvalue weighted by molar-refractivity contribution is 7.22. The predicted molar refractivity (Wildman–Crippen MR) is 128 cm³/mol. The standard InChI is InChI=1S/C23H27ClN4O2S/c1-17-19(24)7-8-20-22(17)26-23(31-20)28-14-12-27(13-15-28)11-10-25-21(29)9-16-30-18-5-3-2-4-6-18/h2-8H,9-16H2,1H3,(H,25,29). The fraction of sp³-hybridized carbons (Fsp3) is 0.391. The molecule has 1 N–H and O–H groups in total. The molecule has 0 atom stereocenters. The molecule has 8 heteroatoms. The van der Waals surface area contributed by atoms with Gasteiger partial charge in [-0.05, 0) is 36.8 Å². The molecule has 4 rings (SSSR count). The number of fused-ring (bicyclic) bond motifs is 1. The Hall–Kier alpha value is -2.35. The van der Waals surface area contributed by atoms with Gasteiger partial charge in [-0.15, -0.1) is 0 Å². The van der Waals surface area contributed by atoms with Crippen LogP contribution in [-0.4, -0.2) is 61.7 Å². The Balaban J connectivity index is 1.16. The van der Waals surface area contributed by atoms with Gasteiger partial charge in [0.2, 0.25) is 5.91 Å². The fourth-order valence-electron chi connectivity index (χ4n) is 3.61. The largest absolute Gasteiger partial charge is 0.493 e. The van der Waals surface area contributed by atoms with E-state index in [0.717, 1.165) is 59.7 Å². The summed E-state index contributed by atoms with van der Waals surface area (Å²) in [6, 6.07) is 13.6. The molecular formula is C23H27ClN4O2S. The van der Waals surface area contributed by atoms with Gasteiger partial charge in [0.1, 0.15) is 5.75 Å². The second-order valence-electron chi connectivity index (χ2n) is 7.61. The molecule has 1 aromatic heterocycles. The molecule has 0 aliphatic carbocycles. The summed E-state index contributed by atoms with van der Waals surface area (Å²) in [5.74, 6) is 0.817. The highest BCUT2D eigenvalue weighted by Crippen LogP contribution is 2.33. The molecule has 1 fully saturated rings. The molecule has 0 unspecified atom stereocenters. The van der Waals surface area contributed by atoms with Crippen molar-refractivity contribution in [2.45, 2.75) is 13.3 Å². The molecule has 0 saturated carbocycles. The maximum atomic E-state index is 12.0. The van der Waals surface area contributed by atoms with Gasteiger partial charge in [0.15, 0.2) is 5.13 Å². The number of rotatable bonds is 8. The third kappa shape index (κ3) is 5.67. The number of piperazine rings is 1. The van der Waals surface area contributed by atoms with Crippen molar-refractivity contribution in [1.29, 1.82) is 0 Å². The number of carbonyl (C=O) groups excluding carboxylic acids is 1. The van der Waals surface area contributed by atoms with E-state index in [1.807, 2.05) is 43.3 Å². The second kappa shape index (κ2) is 10.3. The first-order chi connectivity index (χ1) is 15.1. The van der Waals surface area contributed by atoms with Gasteiger partial charge in [-0.1, -0.05) is 41.1 Å². The van der Waals surface area contributed by atoms with Crippen LogP contribution in [0.15, 0.2) is 42.5 Å². The zero-order chi connectivity index (χ0) is 21.6. The summed E-state index contributed by atoms with van der Waals surface area (Å²) in [6.45, 7) is 7.72. The Labute approximate surface area is 191 Å².